The number of hydrogen-bond donors (Lipinski definition) is 2. The number of fused-ring (bicyclic) bond motifs is 1. The van der Waals surface area contributed by atoms with E-state index in [2.05, 4.69) is 32.0 Å². The fourth-order valence-electron chi connectivity index (χ4n) is 3.12. The lowest BCUT2D eigenvalue weighted by Crippen LogP contribution is -2.26. The minimum atomic E-state index is -0.342. The van der Waals surface area contributed by atoms with Crippen LogP contribution in [0.1, 0.15) is 21.9 Å². The summed E-state index contributed by atoms with van der Waals surface area (Å²) < 4.78 is 15.8. The molecule has 0 saturated carbocycles. The number of aromatic amines is 1. The average molecular weight is 362 g/mol. The van der Waals surface area contributed by atoms with Gasteiger partial charge < -0.3 is 14.9 Å². The van der Waals surface area contributed by atoms with E-state index in [9.17, 15) is 9.18 Å². The zero-order chi connectivity index (χ0) is 18.6. The van der Waals surface area contributed by atoms with Gasteiger partial charge in [-0.1, -0.05) is 36.4 Å². The van der Waals surface area contributed by atoms with Gasteiger partial charge in [-0.25, -0.2) is 9.37 Å². The van der Waals surface area contributed by atoms with E-state index in [1.54, 1.807) is 18.3 Å². The van der Waals surface area contributed by atoms with Crippen LogP contribution >= 0.6 is 0 Å². The van der Waals surface area contributed by atoms with Gasteiger partial charge in [0.1, 0.15) is 17.3 Å². The van der Waals surface area contributed by atoms with Crippen LogP contribution in [0, 0.1) is 5.82 Å². The van der Waals surface area contributed by atoms with Crippen molar-refractivity contribution < 1.29 is 9.18 Å². The number of imidazole rings is 1. The Hall–Kier alpha value is -3.41. The van der Waals surface area contributed by atoms with Crippen molar-refractivity contribution in [3.05, 3.63) is 89.9 Å². The van der Waals surface area contributed by atoms with Crippen molar-refractivity contribution in [2.45, 2.75) is 13.0 Å². The number of benzene rings is 2. The van der Waals surface area contributed by atoms with Crippen LogP contribution in [0.15, 0.2) is 67.0 Å². The first kappa shape index (κ1) is 17.0. The normalized spacial score (nSPS) is 11.0. The molecular formula is C21H19FN4O. The number of carbonyl (C=O) groups excluding carboxylic acids is 1. The topological polar surface area (TPSA) is 62.7 Å². The Balaban J connectivity index is 1.38. The maximum absolute atomic E-state index is 13.8. The van der Waals surface area contributed by atoms with E-state index in [4.69, 9.17) is 0 Å². The van der Waals surface area contributed by atoms with E-state index in [1.807, 2.05) is 24.4 Å². The van der Waals surface area contributed by atoms with Crippen LogP contribution in [0.2, 0.25) is 0 Å². The number of nitrogens with one attached hydrogen (secondary N) is 2. The first-order valence-electron chi connectivity index (χ1n) is 8.80. The molecule has 0 aliphatic rings. The van der Waals surface area contributed by atoms with Gasteiger partial charge in [-0.05, 0) is 23.8 Å². The second kappa shape index (κ2) is 7.45. The number of H-pyrrole nitrogens is 1. The highest BCUT2D eigenvalue weighted by molar-refractivity contribution is 5.98. The van der Waals surface area contributed by atoms with Crippen LogP contribution in [-0.2, 0) is 13.0 Å². The van der Waals surface area contributed by atoms with Crippen LogP contribution in [0.3, 0.4) is 0 Å². The number of amides is 1. The highest BCUT2D eigenvalue weighted by Gasteiger charge is 2.12. The van der Waals surface area contributed by atoms with Gasteiger partial charge in [0.25, 0.3) is 5.91 Å². The van der Waals surface area contributed by atoms with Crippen LogP contribution in [-0.4, -0.2) is 27.0 Å². The summed E-state index contributed by atoms with van der Waals surface area (Å²) in [4.78, 5) is 19.7. The summed E-state index contributed by atoms with van der Waals surface area (Å²) in [6.07, 6.45) is 4.31. The molecule has 0 saturated heterocycles. The molecule has 0 radical (unpaired) electrons. The maximum atomic E-state index is 13.8. The predicted molar refractivity (Wildman–Crippen MR) is 102 cm³/mol. The Bertz CT molecular complexity index is 1070. The van der Waals surface area contributed by atoms with Gasteiger partial charge in [0.05, 0.1) is 0 Å². The highest BCUT2D eigenvalue weighted by atomic mass is 19.1. The minimum absolute atomic E-state index is 0.258. The summed E-state index contributed by atoms with van der Waals surface area (Å²) in [5.74, 6) is 0.305. The molecule has 0 aliphatic heterocycles. The Kier molecular flexibility index (Phi) is 4.70. The molecular weight excluding hydrogens is 343 g/mol. The largest absolute Gasteiger partial charge is 0.350 e. The lowest BCUT2D eigenvalue weighted by molar-refractivity contribution is 0.0949. The zero-order valence-electron chi connectivity index (χ0n) is 14.7. The van der Waals surface area contributed by atoms with E-state index < -0.39 is 0 Å². The molecule has 6 heteroatoms. The third kappa shape index (κ3) is 3.74. The Labute approximate surface area is 155 Å². The molecule has 0 bridgehead atoms. The van der Waals surface area contributed by atoms with Gasteiger partial charge in [-0.15, -0.1) is 0 Å². The number of nitrogens with zero attached hydrogens (tertiary/aromatic N) is 2. The standard InChI is InChI=1S/C21H19FN4O/c22-17-7-4-8-18-16(17)13-19(25-18)21(27)24-10-9-20-23-11-12-26(20)14-15-5-2-1-3-6-15/h1-8,11-13,25H,9-10,14H2,(H,24,27). The molecule has 1 amide bonds. The first-order valence-corrected chi connectivity index (χ1v) is 8.80. The van der Waals surface area contributed by atoms with Crippen molar-refractivity contribution in [3.63, 3.8) is 0 Å². The molecule has 2 aromatic carbocycles. The number of rotatable bonds is 6. The first-order chi connectivity index (χ1) is 13.2. The minimum Gasteiger partial charge on any atom is -0.350 e. The molecule has 0 unspecified atom stereocenters. The van der Waals surface area contributed by atoms with E-state index >= 15 is 0 Å². The van der Waals surface area contributed by atoms with E-state index in [1.165, 1.54) is 17.7 Å². The van der Waals surface area contributed by atoms with Gasteiger partial charge in [-0.2, -0.15) is 0 Å². The second-order valence-electron chi connectivity index (χ2n) is 6.35. The van der Waals surface area contributed by atoms with Gasteiger partial charge in [0.2, 0.25) is 0 Å². The molecule has 0 atom stereocenters. The van der Waals surface area contributed by atoms with Crippen LogP contribution in [0.25, 0.3) is 10.9 Å². The summed E-state index contributed by atoms with van der Waals surface area (Å²) in [5, 5.41) is 3.28. The van der Waals surface area contributed by atoms with Gasteiger partial charge in [-0.3, -0.25) is 4.79 Å². The summed E-state index contributed by atoms with van der Waals surface area (Å²) in [6.45, 7) is 1.19. The quantitative estimate of drug-likeness (QED) is 0.551. The van der Waals surface area contributed by atoms with Crippen molar-refractivity contribution >= 4 is 16.8 Å². The molecule has 2 heterocycles. The third-order valence-electron chi connectivity index (χ3n) is 4.49. The lowest BCUT2D eigenvalue weighted by atomic mass is 10.2. The highest BCUT2D eigenvalue weighted by Crippen LogP contribution is 2.18. The van der Waals surface area contributed by atoms with Crippen LogP contribution < -0.4 is 5.32 Å². The van der Waals surface area contributed by atoms with Crippen LogP contribution in [0.5, 0.6) is 0 Å². The van der Waals surface area contributed by atoms with E-state index in [-0.39, 0.29) is 11.7 Å². The van der Waals surface area contributed by atoms with Crippen molar-refractivity contribution in [2.24, 2.45) is 0 Å². The van der Waals surface area contributed by atoms with E-state index in [0.29, 0.717) is 29.6 Å². The van der Waals surface area contributed by atoms with Crippen LogP contribution in [0.4, 0.5) is 4.39 Å². The molecule has 27 heavy (non-hydrogen) atoms. The SMILES string of the molecule is O=C(NCCc1nccn1Cc1ccccc1)c1cc2c(F)cccc2[nH]1. The number of hydrogen-bond acceptors (Lipinski definition) is 2. The van der Waals surface area contributed by atoms with Crippen molar-refractivity contribution in [3.8, 4) is 0 Å². The number of carbonyl (C=O) groups is 1. The molecule has 5 nitrogen and oxygen atoms in total. The third-order valence-corrected chi connectivity index (χ3v) is 4.49. The Morgan fingerprint density at radius 1 is 1.15 bits per heavy atom. The summed E-state index contributed by atoms with van der Waals surface area (Å²) in [7, 11) is 0. The number of halogens is 1. The molecule has 2 N–H and O–H groups in total. The molecule has 4 rings (SSSR count). The average Bonchev–Trinajstić information content (AvgIpc) is 3.30. The molecule has 0 fully saturated rings. The summed E-state index contributed by atoms with van der Waals surface area (Å²) in [6, 6.07) is 16.4. The number of aromatic nitrogens is 3. The van der Waals surface area contributed by atoms with Crippen molar-refractivity contribution in [1.82, 2.24) is 19.9 Å². The molecule has 0 spiro atoms. The monoisotopic (exact) mass is 362 g/mol. The van der Waals surface area contributed by atoms with E-state index in [0.717, 1.165) is 12.4 Å². The smallest absolute Gasteiger partial charge is 0.267 e. The molecule has 0 aliphatic carbocycles. The molecule has 136 valence electrons. The van der Waals surface area contributed by atoms with Crippen molar-refractivity contribution in [1.29, 1.82) is 0 Å². The Morgan fingerprint density at radius 2 is 2.00 bits per heavy atom. The van der Waals surface area contributed by atoms with Gasteiger partial charge in [0.15, 0.2) is 0 Å². The fraction of sp³-hybridized carbons (Fsp3) is 0.143. The second-order valence-corrected chi connectivity index (χ2v) is 6.35. The molecule has 4 aromatic rings. The van der Waals surface area contributed by atoms with Gasteiger partial charge >= 0.3 is 0 Å². The lowest BCUT2D eigenvalue weighted by Gasteiger charge is -2.08. The predicted octanol–water partition coefficient (Wildman–Crippen LogP) is 3.52. The Morgan fingerprint density at radius 3 is 2.81 bits per heavy atom. The summed E-state index contributed by atoms with van der Waals surface area (Å²) >= 11 is 0. The summed E-state index contributed by atoms with van der Waals surface area (Å²) in [5.41, 5.74) is 2.15. The van der Waals surface area contributed by atoms with Crippen molar-refractivity contribution in [2.75, 3.05) is 6.54 Å². The zero-order valence-corrected chi connectivity index (χ0v) is 14.7. The fourth-order valence-corrected chi connectivity index (χ4v) is 3.12. The molecule has 2 aromatic heterocycles. The maximum Gasteiger partial charge on any atom is 0.267 e. The van der Waals surface area contributed by atoms with Gasteiger partial charge in [0, 0.05) is 42.8 Å².